The molecule has 8 heteroatoms. The van der Waals surface area contributed by atoms with Crippen LogP contribution >= 0.6 is 11.6 Å². The average Bonchev–Trinajstić information content (AvgIpc) is 2.66. The topological polar surface area (TPSA) is 75.7 Å². The Hall–Kier alpha value is -2.25. The fourth-order valence-electron chi connectivity index (χ4n) is 3.10. The van der Waals surface area contributed by atoms with E-state index in [0.717, 1.165) is 16.1 Å². The third-order valence-electron chi connectivity index (χ3n) is 4.46. The molecule has 0 aliphatic carbocycles. The molecule has 6 nitrogen and oxygen atoms in total. The van der Waals surface area contributed by atoms with Crippen molar-refractivity contribution in [3.8, 4) is 5.75 Å². The molecule has 0 aliphatic heterocycles. The lowest BCUT2D eigenvalue weighted by Gasteiger charge is -2.31. The maximum Gasteiger partial charge on any atom is 0.244 e. The fourth-order valence-corrected chi connectivity index (χ4v) is 4.53. The lowest BCUT2D eigenvalue weighted by atomic mass is 10.1. The SMILES string of the molecule is CCOc1ccccc1CNC(=O)[C@@H](CC)N(c1cc(Cl)ccc1C)S(C)(=O)=O. The van der Waals surface area contributed by atoms with E-state index in [9.17, 15) is 13.2 Å². The third kappa shape index (κ3) is 5.87. The van der Waals surface area contributed by atoms with Gasteiger partial charge >= 0.3 is 0 Å². The summed E-state index contributed by atoms with van der Waals surface area (Å²) >= 11 is 6.09. The van der Waals surface area contributed by atoms with E-state index in [2.05, 4.69) is 5.32 Å². The van der Waals surface area contributed by atoms with Crippen LogP contribution in [0.5, 0.6) is 5.75 Å². The molecule has 29 heavy (non-hydrogen) atoms. The summed E-state index contributed by atoms with van der Waals surface area (Å²) in [5.74, 6) is 0.303. The first kappa shape index (κ1) is 23.0. The second kappa shape index (κ2) is 9.98. The fraction of sp³-hybridized carbons (Fsp3) is 0.381. The minimum absolute atomic E-state index is 0.234. The average molecular weight is 439 g/mol. The summed E-state index contributed by atoms with van der Waals surface area (Å²) in [6.07, 6.45) is 1.39. The van der Waals surface area contributed by atoms with Gasteiger partial charge in [0.15, 0.2) is 0 Å². The molecular weight excluding hydrogens is 412 g/mol. The van der Waals surface area contributed by atoms with Crippen LogP contribution in [0.1, 0.15) is 31.4 Å². The molecule has 2 aromatic carbocycles. The molecule has 0 unspecified atom stereocenters. The van der Waals surface area contributed by atoms with Crippen molar-refractivity contribution in [3.63, 3.8) is 0 Å². The van der Waals surface area contributed by atoms with Gasteiger partial charge in [-0.25, -0.2) is 8.42 Å². The summed E-state index contributed by atoms with van der Waals surface area (Å²) < 4.78 is 31.9. The van der Waals surface area contributed by atoms with E-state index < -0.39 is 16.1 Å². The largest absolute Gasteiger partial charge is 0.494 e. The highest BCUT2D eigenvalue weighted by molar-refractivity contribution is 7.92. The quantitative estimate of drug-likeness (QED) is 0.644. The number of rotatable bonds is 9. The summed E-state index contributed by atoms with van der Waals surface area (Å²) in [5, 5.41) is 3.25. The first-order valence-electron chi connectivity index (χ1n) is 9.43. The van der Waals surface area contributed by atoms with Gasteiger partial charge in [-0.2, -0.15) is 0 Å². The predicted octanol–water partition coefficient (Wildman–Crippen LogP) is 3.91. The highest BCUT2D eigenvalue weighted by Crippen LogP contribution is 2.29. The normalized spacial score (nSPS) is 12.3. The van der Waals surface area contributed by atoms with Crippen LogP contribution in [0.3, 0.4) is 0 Å². The molecule has 2 aromatic rings. The smallest absolute Gasteiger partial charge is 0.244 e. The number of amides is 1. The summed E-state index contributed by atoms with van der Waals surface area (Å²) in [4.78, 5) is 13.0. The van der Waals surface area contributed by atoms with E-state index in [0.29, 0.717) is 35.1 Å². The van der Waals surface area contributed by atoms with Gasteiger partial charge in [-0.3, -0.25) is 9.10 Å². The Morgan fingerprint density at radius 3 is 2.52 bits per heavy atom. The number of para-hydroxylation sites is 1. The Morgan fingerprint density at radius 2 is 1.90 bits per heavy atom. The Morgan fingerprint density at radius 1 is 1.21 bits per heavy atom. The van der Waals surface area contributed by atoms with Crippen molar-refractivity contribution in [2.24, 2.45) is 0 Å². The van der Waals surface area contributed by atoms with Crippen LogP contribution in [-0.4, -0.2) is 33.2 Å². The Balaban J connectivity index is 2.31. The molecule has 0 aromatic heterocycles. The molecule has 158 valence electrons. The molecule has 0 bridgehead atoms. The van der Waals surface area contributed by atoms with Crippen LogP contribution in [0.4, 0.5) is 5.69 Å². The van der Waals surface area contributed by atoms with Crippen molar-refractivity contribution < 1.29 is 17.9 Å². The lowest BCUT2D eigenvalue weighted by molar-refractivity contribution is -0.122. The van der Waals surface area contributed by atoms with E-state index >= 15 is 0 Å². The first-order valence-corrected chi connectivity index (χ1v) is 11.7. The predicted molar refractivity (Wildman–Crippen MR) is 117 cm³/mol. The number of aryl methyl sites for hydroxylation is 1. The Labute approximate surface area is 177 Å². The van der Waals surface area contributed by atoms with Crippen molar-refractivity contribution in [2.75, 3.05) is 17.2 Å². The molecule has 0 aliphatic rings. The van der Waals surface area contributed by atoms with Gasteiger partial charge in [0.1, 0.15) is 11.8 Å². The van der Waals surface area contributed by atoms with E-state index in [-0.39, 0.29) is 12.5 Å². The zero-order valence-electron chi connectivity index (χ0n) is 17.1. The van der Waals surface area contributed by atoms with Crippen molar-refractivity contribution in [2.45, 2.75) is 39.8 Å². The van der Waals surface area contributed by atoms with Gasteiger partial charge in [-0.1, -0.05) is 42.8 Å². The maximum absolute atomic E-state index is 13.0. The molecule has 0 heterocycles. The van der Waals surface area contributed by atoms with Crippen LogP contribution in [0.15, 0.2) is 42.5 Å². The molecule has 1 atom stereocenters. The second-order valence-corrected chi connectivity index (χ2v) is 8.97. The van der Waals surface area contributed by atoms with Crippen molar-refractivity contribution in [3.05, 3.63) is 58.6 Å². The third-order valence-corrected chi connectivity index (χ3v) is 5.86. The molecule has 1 N–H and O–H groups in total. The summed E-state index contributed by atoms with van der Waals surface area (Å²) in [5.41, 5.74) is 1.94. The summed E-state index contributed by atoms with van der Waals surface area (Å²) in [6.45, 7) is 6.19. The number of benzene rings is 2. The number of ether oxygens (including phenoxy) is 1. The number of anilines is 1. The van der Waals surface area contributed by atoms with Gasteiger partial charge < -0.3 is 10.1 Å². The van der Waals surface area contributed by atoms with Crippen LogP contribution in [-0.2, 0) is 21.4 Å². The number of halogens is 1. The minimum atomic E-state index is -3.72. The number of nitrogens with zero attached hydrogens (tertiary/aromatic N) is 1. The van der Waals surface area contributed by atoms with Crippen LogP contribution in [0.25, 0.3) is 0 Å². The molecule has 1 amide bonds. The van der Waals surface area contributed by atoms with Crippen LogP contribution < -0.4 is 14.4 Å². The number of hydrogen-bond donors (Lipinski definition) is 1. The van der Waals surface area contributed by atoms with Gasteiger partial charge in [0.25, 0.3) is 0 Å². The monoisotopic (exact) mass is 438 g/mol. The van der Waals surface area contributed by atoms with Crippen LogP contribution in [0, 0.1) is 6.92 Å². The van der Waals surface area contributed by atoms with Gasteiger partial charge in [0.05, 0.1) is 18.6 Å². The Bertz CT molecular complexity index is 963. The molecule has 0 saturated carbocycles. The number of carbonyl (C=O) groups excluding carboxylic acids is 1. The highest BCUT2D eigenvalue weighted by atomic mass is 35.5. The van der Waals surface area contributed by atoms with E-state index in [1.165, 1.54) is 0 Å². The number of hydrogen-bond acceptors (Lipinski definition) is 4. The molecule has 2 rings (SSSR count). The molecule has 0 saturated heterocycles. The maximum atomic E-state index is 13.0. The number of sulfonamides is 1. The van der Waals surface area contributed by atoms with Gasteiger partial charge in [-0.05, 0) is 44.0 Å². The van der Waals surface area contributed by atoms with Crippen molar-refractivity contribution >= 4 is 33.2 Å². The molecule has 0 fully saturated rings. The van der Waals surface area contributed by atoms with E-state index in [1.54, 1.807) is 32.0 Å². The van der Waals surface area contributed by atoms with E-state index in [4.69, 9.17) is 16.3 Å². The first-order chi connectivity index (χ1) is 13.7. The molecule has 0 spiro atoms. The van der Waals surface area contributed by atoms with E-state index in [1.807, 2.05) is 31.2 Å². The number of nitrogens with one attached hydrogen (secondary N) is 1. The summed E-state index contributed by atoms with van der Waals surface area (Å²) in [6, 6.07) is 11.5. The zero-order valence-corrected chi connectivity index (χ0v) is 18.7. The zero-order chi connectivity index (χ0) is 21.6. The minimum Gasteiger partial charge on any atom is -0.494 e. The molecule has 0 radical (unpaired) electrons. The summed E-state index contributed by atoms with van der Waals surface area (Å²) in [7, 11) is -3.72. The number of carbonyl (C=O) groups is 1. The lowest BCUT2D eigenvalue weighted by Crippen LogP contribution is -2.49. The van der Waals surface area contributed by atoms with Crippen molar-refractivity contribution in [1.29, 1.82) is 0 Å². The Kier molecular flexibility index (Phi) is 7.93. The van der Waals surface area contributed by atoms with Gasteiger partial charge in [0.2, 0.25) is 15.9 Å². The van der Waals surface area contributed by atoms with Crippen molar-refractivity contribution in [1.82, 2.24) is 5.32 Å². The highest BCUT2D eigenvalue weighted by Gasteiger charge is 2.32. The second-order valence-electron chi connectivity index (χ2n) is 6.67. The standard InChI is InChI=1S/C21H27ClN2O4S/c1-5-18(21(25)23-14-16-9-7-8-10-20(16)28-6-2)24(29(4,26)27)19-13-17(22)12-11-15(19)3/h7-13,18H,5-6,14H2,1-4H3,(H,23,25)/t18-/m1/s1. The van der Waals surface area contributed by atoms with Crippen LogP contribution in [0.2, 0.25) is 5.02 Å². The van der Waals surface area contributed by atoms with Gasteiger partial charge in [0, 0.05) is 17.1 Å². The van der Waals surface area contributed by atoms with Gasteiger partial charge in [-0.15, -0.1) is 0 Å². The molecular formula is C21H27ClN2O4S.